The molecule has 1 aromatic rings. The standard InChI is InChI=1S/C13H6N4O9/c18-12-9-3-6(14(19)20)1-2-8(9)11-10(12)4-7(15(21)22)5-13(11,16(23)24)17(25)26/h1-4H,5H2. The molecule has 26 heavy (non-hydrogen) atoms. The van der Waals surface area contributed by atoms with Crippen molar-refractivity contribution in [2.75, 3.05) is 0 Å². The first-order valence-electron chi connectivity index (χ1n) is 6.83. The number of hydrogen-bond donors (Lipinski definition) is 0. The molecule has 0 bridgehead atoms. The van der Waals surface area contributed by atoms with Crippen LogP contribution in [0.25, 0.3) is 5.57 Å². The number of rotatable bonds is 4. The van der Waals surface area contributed by atoms with Gasteiger partial charge in [-0.05, 0) is 6.07 Å². The van der Waals surface area contributed by atoms with E-state index in [0.29, 0.717) is 0 Å². The molecule has 0 spiro atoms. The number of benzene rings is 1. The molecule has 0 saturated carbocycles. The highest BCUT2D eigenvalue weighted by Gasteiger charge is 2.67. The maximum Gasteiger partial charge on any atom is 0.495 e. The maximum absolute atomic E-state index is 12.5. The maximum atomic E-state index is 12.5. The van der Waals surface area contributed by atoms with E-state index in [0.717, 1.165) is 24.3 Å². The number of Topliss-reactive ketones (excluding diaryl/α,β-unsaturated/α-hetero) is 1. The minimum absolute atomic E-state index is 0.220. The van der Waals surface area contributed by atoms with Crippen molar-refractivity contribution >= 4 is 17.0 Å². The van der Waals surface area contributed by atoms with Gasteiger partial charge in [-0.1, -0.05) is 0 Å². The number of non-ortho nitro benzene ring substituents is 1. The number of nitrogens with zero attached hydrogens (tertiary/aromatic N) is 4. The molecular weight excluding hydrogens is 356 g/mol. The monoisotopic (exact) mass is 362 g/mol. The third-order valence-corrected chi connectivity index (χ3v) is 4.22. The van der Waals surface area contributed by atoms with Crippen LogP contribution in [0.1, 0.15) is 22.3 Å². The lowest BCUT2D eigenvalue weighted by Crippen LogP contribution is -2.49. The van der Waals surface area contributed by atoms with E-state index in [-0.39, 0.29) is 11.1 Å². The molecule has 0 aromatic heterocycles. The zero-order valence-electron chi connectivity index (χ0n) is 12.5. The van der Waals surface area contributed by atoms with Gasteiger partial charge in [-0.2, -0.15) is 0 Å². The van der Waals surface area contributed by atoms with Crippen molar-refractivity contribution in [1.82, 2.24) is 0 Å². The molecule has 3 rings (SSSR count). The van der Waals surface area contributed by atoms with Crippen LogP contribution in [-0.4, -0.2) is 31.1 Å². The molecule has 0 saturated heterocycles. The Morgan fingerprint density at radius 1 is 0.885 bits per heavy atom. The van der Waals surface area contributed by atoms with Crippen LogP contribution >= 0.6 is 0 Å². The van der Waals surface area contributed by atoms with Crippen LogP contribution in [0.2, 0.25) is 0 Å². The molecule has 13 heteroatoms. The van der Waals surface area contributed by atoms with E-state index < -0.39 is 60.1 Å². The van der Waals surface area contributed by atoms with E-state index >= 15 is 0 Å². The van der Waals surface area contributed by atoms with E-state index in [1.807, 2.05) is 0 Å². The highest BCUT2D eigenvalue weighted by molar-refractivity contribution is 6.23. The van der Waals surface area contributed by atoms with Crippen LogP contribution in [0, 0.1) is 40.5 Å². The molecule has 0 atom stereocenters. The minimum atomic E-state index is -3.14. The van der Waals surface area contributed by atoms with Crippen LogP contribution < -0.4 is 0 Å². The average molecular weight is 362 g/mol. The first kappa shape index (κ1) is 16.8. The zero-order valence-corrected chi connectivity index (χ0v) is 12.5. The van der Waals surface area contributed by atoms with Gasteiger partial charge in [-0.25, -0.2) is 0 Å². The lowest BCUT2D eigenvalue weighted by molar-refractivity contribution is -0.778. The molecule has 2 aliphatic rings. The van der Waals surface area contributed by atoms with Crippen LogP contribution in [0.5, 0.6) is 0 Å². The average Bonchev–Trinajstić information content (AvgIpc) is 2.86. The van der Waals surface area contributed by atoms with Crippen molar-refractivity contribution in [2.24, 2.45) is 0 Å². The quantitative estimate of drug-likeness (QED) is 0.432. The predicted octanol–water partition coefficient (Wildman–Crippen LogP) is 1.36. The van der Waals surface area contributed by atoms with Gasteiger partial charge in [0.15, 0.2) is 12.2 Å². The van der Waals surface area contributed by atoms with E-state index in [2.05, 4.69) is 0 Å². The number of fused-ring (bicyclic) bond motifs is 2. The van der Waals surface area contributed by atoms with Crippen LogP contribution in [0.4, 0.5) is 5.69 Å². The molecule has 2 aliphatic carbocycles. The summed E-state index contributed by atoms with van der Waals surface area (Å²) in [5.41, 5.74) is -6.25. The molecule has 13 nitrogen and oxygen atoms in total. The molecule has 0 aliphatic heterocycles. The van der Waals surface area contributed by atoms with Gasteiger partial charge >= 0.3 is 5.66 Å². The fraction of sp³-hybridized carbons (Fsp3) is 0.154. The molecule has 0 unspecified atom stereocenters. The molecule has 0 amide bonds. The van der Waals surface area contributed by atoms with Gasteiger partial charge in [-0.3, -0.25) is 45.3 Å². The lowest BCUT2D eigenvalue weighted by Gasteiger charge is -2.21. The third kappa shape index (κ3) is 2.00. The number of allylic oxidation sites excluding steroid dienone is 2. The first-order chi connectivity index (χ1) is 12.1. The van der Waals surface area contributed by atoms with Gasteiger partial charge in [0.2, 0.25) is 0 Å². The van der Waals surface area contributed by atoms with Crippen molar-refractivity contribution in [3.63, 3.8) is 0 Å². The second-order valence-electron chi connectivity index (χ2n) is 5.51. The number of nitro groups is 4. The summed E-state index contributed by atoms with van der Waals surface area (Å²) in [5, 5.41) is 45.1. The second-order valence-corrected chi connectivity index (χ2v) is 5.51. The highest BCUT2D eigenvalue weighted by Crippen LogP contribution is 2.48. The Morgan fingerprint density at radius 2 is 1.50 bits per heavy atom. The normalized spacial score (nSPS) is 17.2. The molecule has 0 fully saturated rings. The summed E-state index contributed by atoms with van der Waals surface area (Å²) in [6.07, 6.45) is -0.419. The number of hydrogen-bond acceptors (Lipinski definition) is 9. The van der Waals surface area contributed by atoms with Gasteiger partial charge in [0, 0.05) is 34.9 Å². The fourth-order valence-electron chi connectivity index (χ4n) is 3.08. The van der Waals surface area contributed by atoms with Crippen molar-refractivity contribution in [3.8, 4) is 0 Å². The van der Waals surface area contributed by atoms with Gasteiger partial charge < -0.3 is 0 Å². The smallest absolute Gasteiger partial charge is 0.289 e. The van der Waals surface area contributed by atoms with E-state index in [1.54, 1.807) is 0 Å². The van der Waals surface area contributed by atoms with Crippen molar-refractivity contribution in [3.05, 3.63) is 87.1 Å². The molecular formula is C13H6N4O9. The molecule has 0 radical (unpaired) electrons. The molecule has 1 aromatic carbocycles. The van der Waals surface area contributed by atoms with E-state index in [9.17, 15) is 45.3 Å². The van der Waals surface area contributed by atoms with Crippen molar-refractivity contribution < 1.29 is 24.5 Å². The summed E-state index contributed by atoms with van der Waals surface area (Å²) in [4.78, 5) is 53.2. The van der Waals surface area contributed by atoms with E-state index in [4.69, 9.17) is 0 Å². The molecule has 0 N–H and O–H groups in total. The largest absolute Gasteiger partial charge is 0.495 e. The molecule has 0 heterocycles. The van der Waals surface area contributed by atoms with Crippen molar-refractivity contribution in [1.29, 1.82) is 0 Å². The summed E-state index contributed by atoms with van der Waals surface area (Å²) >= 11 is 0. The summed E-state index contributed by atoms with van der Waals surface area (Å²) < 4.78 is 0. The Labute approximate surface area is 141 Å². The number of ketones is 1. The zero-order chi connectivity index (χ0) is 19.4. The number of nitro benzene ring substituents is 1. The lowest BCUT2D eigenvalue weighted by atomic mass is 9.85. The Hall–Kier alpha value is -4.03. The Balaban J connectivity index is 2.37. The SMILES string of the molecule is O=C1C2=C(c3ccc([N+](=O)[O-])cc31)C([N+](=O)[O-])([N+](=O)[O-])CC([N+](=O)[O-])=C2. The Morgan fingerprint density at radius 3 is 2.00 bits per heavy atom. The minimum Gasteiger partial charge on any atom is -0.289 e. The van der Waals surface area contributed by atoms with Crippen LogP contribution in [0.3, 0.4) is 0 Å². The fourth-order valence-corrected chi connectivity index (χ4v) is 3.08. The van der Waals surface area contributed by atoms with Crippen molar-refractivity contribution in [2.45, 2.75) is 12.1 Å². The summed E-state index contributed by atoms with van der Waals surface area (Å²) in [7, 11) is 0. The van der Waals surface area contributed by atoms with Gasteiger partial charge in [0.1, 0.15) is 15.4 Å². The predicted molar refractivity (Wildman–Crippen MR) is 80.8 cm³/mol. The number of carbonyl (C=O) groups excluding carboxylic acids is 1. The second kappa shape index (κ2) is 5.23. The highest BCUT2D eigenvalue weighted by atomic mass is 16.7. The Kier molecular flexibility index (Phi) is 3.39. The Bertz CT molecular complexity index is 993. The van der Waals surface area contributed by atoms with Crippen LogP contribution in [-0.2, 0) is 0 Å². The van der Waals surface area contributed by atoms with Gasteiger partial charge in [-0.15, -0.1) is 0 Å². The van der Waals surface area contributed by atoms with Gasteiger partial charge in [0.25, 0.3) is 11.4 Å². The molecule has 132 valence electrons. The topological polar surface area (TPSA) is 190 Å². The summed E-state index contributed by atoms with van der Waals surface area (Å²) in [6, 6.07) is 2.78. The summed E-state index contributed by atoms with van der Waals surface area (Å²) in [5.74, 6) is -0.981. The van der Waals surface area contributed by atoms with Crippen LogP contribution in [0.15, 0.2) is 35.5 Å². The van der Waals surface area contributed by atoms with E-state index in [1.165, 1.54) is 0 Å². The number of carbonyl (C=O) groups is 1. The third-order valence-electron chi connectivity index (χ3n) is 4.22. The summed E-state index contributed by atoms with van der Waals surface area (Å²) in [6.45, 7) is 0. The first-order valence-corrected chi connectivity index (χ1v) is 6.83. The van der Waals surface area contributed by atoms with Gasteiger partial charge in [0.05, 0.1) is 9.85 Å².